The van der Waals surface area contributed by atoms with Crippen molar-refractivity contribution in [1.29, 1.82) is 0 Å². The van der Waals surface area contributed by atoms with Gasteiger partial charge >= 0.3 is 5.97 Å². The molecule has 2 aliphatic heterocycles. The van der Waals surface area contributed by atoms with Gasteiger partial charge in [-0.1, -0.05) is 24.1 Å². The van der Waals surface area contributed by atoms with Crippen LogP contribution in [0.4, 0.5) is 5.69 Å². The molecule has 6 nitrogen and oxygen atoms in total. The van der Waals surface area contributed by atoms with E-state index in [0.717, 1.165) is 25.2 Å². The van der Waals surface area contributed by atoms with Crippen LogP contribution in [0.2, 0.25) is 0 Å². The van der Waals surface area contributed by atoms with Crippen LogP contribution in [0.3, 0.4) is 0 Å². The van der Waals surface area contributed by atoms with Crippen molar-refractivity contribution in [1.82, 2.24) is 5.06 Å². The molecule has 2 aromatic rings. The highest BCUT2D eigenvalue weighted by molar-refractivity contribution is 6.21. The van der Waals surface area contributed by atoms with E-state index in [1.54, 1.807) is 24.3 Å². The monoisotopic (exact) mass is 350 g/mol. The van der Waals surface area contributed by atoms with E-state index in [2.05, 4.69) is 11.8 Å². The lowest BCUT2D eigenvalue weighted by molar-refractivity contribution is -0.0584. The SMILES string of the molecule is CC1CCN(c2ccc(C(=O)ON3C(=O)c4ccccc4C3=O)cc2)C1. The van der Waals surface area contributed by atoms with E-state index in [1.165, 1.54) is 12.1 Å². The van der Waals surface area contributed by atoms with Crippen molar-refractivity contribution in [3.8, 4) is 0 Å². The molecule has 0 radical (unpaired) electrons. The predicted molar refractivity (Wildman–Crippen MR) is 94.8 cm³/mol. The minimum atomic E-state index is -0.735. The van der Waals surface area contributed by atoms with Crippen molar-refractivity contribution in [2.24, 2.45) is 5.92 Å². The maximum Gasteiger partial charge on any atom is 0.363 e. The fourth-order valence-corrected chi connectivity index (χ4v) is 3.36. The first-order chi connectivity index (χ1) is 12.5. The van der Waals surface area contributed by atoms with E-state index in [9.17, 15) is 14.4 Å². The van der Waals surface area contributed by atoms with Crippen molar-refractivity contribution in [3.05, 3.63) is 65.2 Å². The van der Waals surface area contributed by atoms with Gasteiger partial charge in [0.25, 0.3) is 11.8 Å². The zero-order chi connectivity index (χ0) is 18.3. The molecule has 0 bridgehead atoms. The van der Waals surface area contributed by atoms with Gasteiger partial charge in [0.2, 0.25) is 0 Å². The van der Waals surface area contributed by atoms with Crippen LogP contribution in [0, 0.1) is 5.92 Å². The summed E-state index contributed by atoms with van der Waals surface area (Å²) in [5, 5.41) is 0.531. The van der Waals surface area contributed by atoms with Crippen LogP contribution in [0.15, 0.2) is 48.5 Å². The molecule has 1 saturated heterocycles. The van der Waals surface area contributed by atoms with Crippen LogP contribution in [-0.2, 0) is 4.84 Å². The molecule has 0 N–H and O–H groups in total. The lowest BCUT2D eigenvalue weighted by atomic mass is 10.1. The number of rotatable bonds is 3. The number of carbonyl (C=O) groups excluding carboxylic acids is 3. The summed E-state index contributed by atoms with van der Waals surface area (Å²) in [5.41, 5.74) is 1.82. The van der Waals surface area contributed by atoms with Crippen molar-refractivity contribution in [3.63, 3.8) is 0 Å². The Balaban J connectivity index is 1.47. The van der Waals surface area contributed by atoms with Crippen LogP contribution in [0.1, 0.15) is 44.4 Å². The molecular formula is C20H18N2O4. The summed E-state index contributed by atoms with van der Waals surface area (Å²) in [5.74, 6) is -1.32. The Kier molecular flexibility index (Phi) is 3.95. The number of hydroxylamine groups is 2. The third kappa shape index (κ3) is 2.73. The third-order valence-corrected chi connectivity index (χ3v) is 4.82. The van der Waals surface area contributed by atoms with Gasteiger partial charge in [-0.05, 0) is 48.7 Å². The summed E-state index contributed by atoms with van der Waals surface area (Å²) >= 11 is 0. The number of amides is 2. The standard InChI is InChI=1S/C20H18N2O4/c1-13-10-11-21(12-13)15-8-6-14(7-9-15)20(25)26-22-18(23)16-4-2-3-5-17(16)19(22)24/h2-9,13H,10-12H2,1H3. The minimum Gasteiger partial charge on any atom is -0.371 e. The van der Waals surface area contributed by atoms with Gasteiger partial charge in [-0.25, -0.2) is 4.79 Å². The van der Waals surface area contributed by atoms with E-state index in [0.29, 0.717) is 11.0 Å². The second-order valence-electron chi connectivity index (χ2n) is 6.72. The molecule has 0 aromatic heterocycles. The Morgan fingerprint density at radius 2 is 1.62 bits per heavy atom. The molecule has 132 valence electrons. The van der Waals surface area contributed by atoms with Crippen molar-refractivity contribution in [2.45, 2.75) is 13.3 Å². The zero-order valence-electron chi connectivity index (χ0n) is 14.3. The molecule has 6 heteroatoms. The first-order valence-corrected chi connectivity index (χ1v) is 8.59. The molecule has 2 aliphatic rings. The fourth-order valence-electron chi connectivity index (χ4n) is 3.36. The second-order valence-corrected chi connectivity index (χ2v) is 6.72. The van der Waals surface area contributed by atoms with Gasteiger partial charge in [-0.2, -0.15) is 0 Å². The smallest absolute Gasteiger partial charge is 0.363 e. The number of anilines is 1. The Morgan fingerprint density at radius 3 is 2.15 bits per heavy atom. The van der Waals surface area contributed by atoms with Crippen LogP contribution in [0.5, 0.6) is 0 Å². The molecule has 4 rings (SSSR count). The van der Waals surface area contributed by atoms with E-state index in [4.69, 9.17) is 4.84 Å². The lowest BCUT2D eigenvalue weighted by Crippen LogP contribution is -2.32. The highest BCUT2D eigenvalue weighted by Crippen LogP contribution is 2.25. The minimum absolute atomic E-state index is 0.240. The number of carbonyl (C=O) groups is 3. The van der Waals surface area contributed by atoms with Gasteiger partial charge in [0, 0.05) is 18.8 Å². The number of nitrogens with zero attached hydrogens (tertiary/aromatic N) is 2. The molecule has 0 aliphatic carbocycles. The normalized spacial score (nSPS) is 19.0. The van der Waals surface area contributed by atoms with Gasteiger partial charge in [-0.3, -0.25) is 9.59 Å². The van der Waals surface area contributed by atoms with Crippen molar-refractivity contribution < 1.29 is 19.2 Å². The van der Waals surface area contributed by atoms with E-state index in [1.807, 2.05) is 12.1 Å². The van der Waals surface area contributed by atoms with Gasteiger partial charge in [0.1, 0.15) is 0 Å². The number of fused-ring (bicyclic) bond motifs is 1. The first kappa shape index (κ1) is 16.3. The highest BCUT2D eigenvalue weighted by Gasteiger charge is 2.38. The lowest BCUT2D eigenvalue weighted by Gasteiger charge is -2.18. The third-order valence-electron chi connectivity index (χ3n) is 4.82. The number of benzene rings is 2. The maximum absolute atomic E-state index is 12.3. The average Bonchev–Trinajstić information content (AvgIpc) is 3.20. The number of imide groups is 1. The molecule has 1 unspecified atom stereocenters. The van der Waals surface area contributed by atoms with Gasteiger partial charge in [0.05, 0.1) is 16.7 Å². The molecule has 2 amide bonds. The molecule has 2 aromatic carbocycles. The predicted octanol–water partition coefficient (Wildman–Crippen LogP) is 2.90. The van der Waals surface area contributed by atoms with Crippen molar-refractivity contribution >= 4 is 23.5 Å². The van der Waals surface area contributed by atoms with Crippen LogP contribution < -0.4 is 4.90 Å². The van der Waals surface area contributed by atoms with Gasteiger partial charge < -0.3 is 9.74 Å². The average molecular weight is 350 g/mol. The Labute approximate surface area is 150 Å². The molecule has 26 heavy (non-hydrogen) atoms. The summed E-state index contributed by atoms with van der Waals surface area (Å²) in [6, 6.07) is 13.4. The maximum atomic E-state index is 12.3. The Morgan fingerprint density at radius 1 is 1.00 bits per heavy atom. The van der Waals surface area contributed by atoms with Crippen LogP contribution in [-0.4, -0.2) is 35.9 Å². The van der Waals surface area contributed by atoms with Crippen LogP contribution in [0.25, 0.3) is 0 Å². The molecule has 1 fully saturated rings. The summed E-state index contributed by atoms with van der Waals surface area (Å²) in [7, 11) is 0. The molecule has 2 heterocycles. The fraction of sp³-hybridized carbons (Fsp3) is 0.250. The molecular weight excluding hydrogens is 332 g/mol. The van der Waals surface area contributed by atoms with Gasteiger partial charge in [-0.15, -0.1) is 0 Å². The van der Waals surface area contributed by atoms with E-state index in [-0.39, 0.29) is 16.7 Å². The highest BCUT2D eigenvalue weighted by atomic mass is 16.7. The first-order valence-electron chi connectivity index (χ1n) is 8.59. The Bertz CT molecular complexity index is 856. The largest absolute Gasteiger partial charge is 0.371 e. The molecule has 0 spiro atoms. The number of hydrogen-bond acceptors (Lipinski definition) is 5. The second kappa shape index (κ2) is 6.29. The Hall–Kier alpha value is -3.15. The summed E-state index contributed by atoms with van der Waals surface area (Å²) in [6.45, 7) is 4.21. The zero-order valence-corrected chi connectivity index (χ0v) is 14.3. The summed E-state index contributed by atoms with van der Waals surface area (Å²) < 4.78 is 0. The van der Waals surface area contributed by atoms with Crippen molar-refractivity contribution in [2.75, 3.05) is 18.0 Å². The van der Waals surface area contributed by atoms with E-state index >= 15 is 0 Å². The summed E-state index contributed by atoms with van der Waals surface area (Å²) in [6.07, 6.45) is 1.16. The molecule has 1 atom stereocenters. The topological polar surface area (TPSA) is 66.9 Å². The van der Waals surface area contributed by atoms with Crippen LogP contribution >= 0.6 is 0 Å². The summed E-state index contributed by atoms with van der Waals surface area (Å²) in [4.78, 5) is 44.2. The van der Waals surface area contributed by atoms with Gasteiger partial charge in [0.15, 0.2) is 0 Å². The van der Waals surface area contributed by atoms with E-state index < -0.39 is 17.8 Å². The quantitative estimate of drug-likeness (QED) is 0.796. The number of hydrogen-bond donors (Lipinski definition) is 0. The molecule has 0 saturated carbocycles.